The third-order valence-electron chi connectivity index (χ3n) is 4.41. The molecule has 0 spiro atoms. The van der Waals surface area contributed by atoms with Crippen LogP contribution in [0.25, 0.3) is 0 Å². The molecule has 0 amide bonds. The highest BCUT2D eigenvalue weighted by atomic mass is 14.8. The molecule has 0 saturated heterocycles. The molecule has 0 aliphatic heterocycles. The van der Waals surface area contributed by atoms with Gasteiger partial charge in [0.15, 0.2) is 0 Å². The maximum atomic E-state index is 4.67. The lowest BCUT2D eigenvalue weighted by Gasteiger charge is -2.09. The summed E-state index contributed by atoms with van der Waals surface area (Å²) in [6.07, 6.45) is 7.57. The molecular formula is C32H57N. The third kappa shape index (κ3) is 24.3. The molecule has 0 unspecified atom stereocenters. The Morgan fingerprint density at radius 2 is 1.30 bits per heavy atom. The first-order valence-corrected chi connectivity index (χ1v) is 12.9. The molecular weight excluding hydrogens is 398 g/mol. The van der Waals surface area contributed by atoms with Crippen LogP contribution in [0.5, 0.6) is 0 Å². The van der Waals surface area contributed by atoms with Crippen molar-refractivity contribution in [1.82, 2.24) is 0 Å². The molecule has 1 aromatic rings. The minimum atomic E-state index is 1.00. The highest BCUT2D eigenvalue weighted by molar-refractivity contribution is 5.83. The van der Waals surface area contributed by atoms with Crippen LogP contribution >= 0.6 is 0 Å². The molecule has 0 atom stereocenters. The summed E-state index contributed by atoms with van der Waals surface area (Å²) in [5.74, 6) is 0. The maximum absolute atomic E-state index is 4.67. The largest absolute Gasteiger partial charge is 0.258 e. The summed E-state index contributed by atoms with van der Waals surface area (Å²) < 4.78 is 0. The Bertz CT molecular complexity index is 669. The van der Waals surface area contributed by atoms with Crippen molar-refractivity contribution in [3.05, 3.63) is 83.6 Å². The number of aryl methyl sites for hydroxylation is 2. The second kappa shape index (κ2) is 27.9. The van der Waals surface area contributed by atoms with Gasteiger partial charge in [-0.3, -0.25) is 4.99 Å². The van der Waals surface area contributed by atoms with E-state index in [0.29, 0.717) is 0 Å². The van der Waals surface area contributed by atoms with Crippen LogP contribution in [0.1, 0.15) is 113 Å². The van der Waals surface area contributed by atoms with Gasteiger partial charge in [-0.2, -0.15) is 0 Å². The predicted molar refractivity (Wildman–Crippen MR) is 159 cm³/mol. The predicted octanol–water partition coefficient (Wildman–Crippen LogP) is 11.3. The summed E-state index contributed by atoms with van der Waals surface area (Å²) >= 11 is 0. The van der Waals surface area contributed by atoms with E-state index in [1.807, 2.05) is 47.6 Å². The first-order valence-electron chi connectivity index (χ1n) is 12.9. The van der Waals surface area contributed by atoms with Crippen LogP contribution in [0.15, 0.2) is 77.5 Å². The fraction of sp³-hybridized carbons (Fsp3) is 0.531. The molecule has 0 saturated carbocycles. The van der Waals surface area contributed by atoms with Gasteiger partial charge >= 0.3 is 0 Å². The summed E-state index contributed by atoms with van der Waals surface area (Å²) in [5.41, 5.74) is 8.15. The van der Waals surface area contributed by atoms with E-state index >= 15 is 0 Å². The van der Waals surface area contributed by atoms with Crippen molar-refractivity contribution in [1.29, 1.82) is 0 Å². The minimum Gasteiger partial charge on any atom is -0.258 e. The van der Waals surface area contributed by atoms with Crippen LogP contribution in [0.3, 0.4) is 0 Å². The molecule has 1 nitrogen and oxygen atoms in total. The van der Waals surface area contributed by atoms with Gasteiger partial charge in [-0.25, -0.2) is 0 Å². The van der Waals surface area contributed by atoms with Crippen LogP contribution in [-0.2, 0) is 6.42 Å². The molecule has 0 N–H and O–H groups in total. The Morgan fingerprint density at radius 3 is 1.61 bits per heavy atom. The first kappa shape index (κ1) is 38.1. The quantitative estimate of drug-likeness (QED) is 0.210. The Kier molecular flexibility index (Phi) is 32.2. The first-order chi connectivity index (χ1) is 15.6. The second-order valence-corrected chi connectivity index (χ2v) is 7.52. The van der Waals surface area contributed by atoms with Gasteiger partial charge < -0.3 is 0 Å². The summed E-state index contributed by atoms with van der Waals surface area (Å²) in [7, 11) is 0. The van der Waals surface area contributed by atoms with Crippen molar-refractivity contribution in [3.8, 4) is 0 Å². The molecule has 0 fully saturated rings. The lowest BCUT2D eigenvalue weighted by molar-refractivity contribution is 0.832. The van der Waals surface area contributed by atoms with Crippen molar-refractivity contribution in [2.75, 3.05) is 0 Å². The van der Waals surface area contributed by atoms with Crippen LogP contribution < -0.4 is 0 Å². The van der Waals surface area contributed by atoms with E-state index in [9.17, 15) is 0 Å². The van der Waals surface area contributed by atoms with E-state index in [2.05, 4.69) is 90.5 Å². The SMILES string of the molecule is C=C(C)/C(C)=C(/N=C(C)CCCC)C(=C)C.C=CCC.CC.CC.CCc1ccc(C)cc1. The number of nitrogens with zero attached hydrogens (tertiary/aromatic N) is 1. The van der Waals surface area contributed by atoms with Crippen molar-refractivity contribution in [2.24, 2.45) is 4.99 Å². The van der Waals surface area contributed by atoms with Crippen molar-refractivity contribution in [2.45, 2.75) is 115 Å². The number of benzene rings is 1. The van der Waals surface area contributed by atoms with E-state index in [1.165, 1.54) is 29.7 Å². The van der Waals surface area contributed by atoms with E-state index in [-0.39, 0.29) is 0 Å². The molecule has 0 heterocycles. The highest BCUT2D eigenvalue weighted by Crippen LogP contribution is 2.20. The topological polar surface area (TPSA) is 12.4 Å². The highest BCUT2D eigenvalue weighted by Gasteiger charge is 2.04. The number of aliphatic imine (C=N–C) groups is 1. The Hall–Kier alpha value is -2.15. The van der Waals surface area contributed by atoms with E-state index in [1.54, 1.807) is 0 Å². The fourth-order valence-electron chi connectivity index (χ4n) is 2.20. The number of allylic oxidation sites excluding steroid dienone is 4. The zero-order chi connectivity index (χ0) is 26.8. The van der Waals surface area contributed by atoms with E-state index in [0.717, 1.165) is 41.7 Å². The normalized spacial score (nSPS) is 10.2. The average molecular weight is 456 g/mol. The van der Waals surface area contributed by atoms with Crippen LogP contribution in [-0.4, -0.2) is 5.71 Å². The van der Waals surface area contributed by atoms with Gasteiger partial charge in [0.05, 0.1) is 5.70 Å². The second-order valence-electron chi connectivity index (χ2n) is 7.52. The van der Waals surface area contributed by atoms with Gasteiger partial charge in [0.1, 0.15) is 0 Å². The number of rotatable bonds is 8. The van der Waals surface area contributed by atoms with E-state index in [4.69, 9.17) is 0 Å². The molecule has 0 aliphatic rings. The van der Waals surface area contributed by atoms with Gasteiger partial charge in [-0.15, -0.1) is 6.58 Å². The minimum absolute atomic E-state index is 1.00. The Morgan fingerprint density at radius 1 is 0.848 bits per heavy atom. The summed E-state index contributed by atoms with van der Waals surface area (Å²) in [6.45, 7) is 36.1. The molecule has 33 heavy (non-hydrogen) atoms. The smallest absolute Gasteiger partial charge is 0.0683 e. The molecule has 190 valence electrons. The molecule has 1 aromatic carbocycles. The summed E-state index contributed by atoms with van der Waals surface area (Å²) in [6, 6.07) is 8.66. The third-order valence-corrected chi connectivity index (χ3v) is 4.41. The van der Waals surface area contributed by atoms with Gasteiger partial charge in [-0.1, -0.05) is 110 Å². The van der Waals surface area contributed by atoms with Gasteiger partial charge in [0.2, 0.25) is 0 Å². The zero-order valence-electron chi connectivity index (χ0n) is 24.5. The molecule has 0 radical (unpaired) electrons. The lowest BCUT2D eigenvalue weighted by Crippen LogP contribution is -1.96. The van der Waals surface area contributed by atoms with E-state index < -0.39 is 0 Å². The zero-order valence-corrected chi connectivity index (χ0v) is 24.5. The van der Waals surface area contributed by atoms with Crippen molar-refractivity contribution < 1.29 is 0 Å². The van der Waals surface area contributed by atoms with Gasteiger partial charge in [0.25, 0.3) is 0 Å². The number of unbranched alkanes of at least 4 members (excludes halogenated alkanes) is 1. The lowest BCUT2D eigenvalue weighted by atomic mass is 10.0. The number of hydrogen-bond donors (Lipinski definition) is 0. The monoisotopic (exact) mass is 455 g/mol. The van der Waals surface area contributed by atoms with Gasteiger partial charge in [0, 0.05) is 5.71 Å². The van der Waals surface area contributed by atoms with Crippen LogP contribution in [0.2, 0.25) is 0 Å². The Balaban J connectivity index is -0.000000207. The molecule has 1 heteroatoms. The maximum Gasteiger partial charge on any atom is 0.0683 e. The standard InChI is InChI=1S/C15H25N.C9H12.C4H8.2C2H6/c1-8-9-10-13(6)16-15(12(4)5)14(7)11(2)3;1-3-9-6-4-8(2)5-7-9;1-3-4-2;2*1-2/h2,4,8-10H2,1,3,5-7H3;4-7H,3H2,1-2H3;3H,1,4H2,2H3;2*1-2H3/b15-14+,16-13?;;;;. The Labute approximate surface area is 209 Å². The average Bonchev–Trinajstić information content (AvgIpc) is 2.84. The summed E-state index contributed by atoms with van der Waals surface area (Å²) in [4.78, 5) is 4.67. The van der Waals surface area contributed by atoms with Crippen LogP contribution in [0, 0.1) is 6.92 Å². The molecule has 0 bridgehead atoms. The van der Waals surface area contributed by atoms with Crippen molar-refractivity contribution in [3.63, 3.8) is 0 Å². The molecule has 1 rings (SSSR count). The summed E-state index contributed by atoms with van der Waals surface area (Å²) in [5, 5.41) is 0. The fourth-order valence-corrected chi connectivity index (χ4v) is 2.20. The molecule has 0 aliphatic carbocycles. The molecule has 0 aromatic heterocycles. The van der Waals surface area contributed by atoms with Gasteiger partial charge in [-0.05, 0) is 77.0 Å². The number of hydrogen-bond acceptors (Lipinski definition) is 1. The van der Waals surface area contributed by atoms with Crippen molar-refractivity contribution >= 4 is 5.71 Å². The van der Waals surface area contributed by atoms with Crippen LogP contribution in [0.4, 0.5) is 0 Å².